The lowest BCUT2D eigenvalue weighted by molar-refractivity contribution is 0.170. The first kappa shape index (κ1) is 11.2. The highest BCUT2D eigenvalue weighted by atomic mass is 35.5. The molecule has 0 radical (unpaired) electrons. The van der Waals surface area contributed by atoms with E-state index < -0.39 is 7.12 Å². The van der Waals surface area contributed by atoms with Crippen LogP contribution in [0.25, 0.3) is 0 Å². The molecule has 0 aromatic heterocycles. The molecule has 0 saturated heterocycles. The minimum Gasteiger partial charge on any atom is -0.486 e. The third kappa shape index (κ3) is 1.87. The smallest absolute Gasteiger partial charge is 0.486 e. The number of halogens is 1. The lowest BCUT2D eigenvalue weighted by atomic mass is 9.79. The Morgan fingerprint density at radius 1 is 1.35 bits per heavy atom. The number of benzene rings is 1. The first-order valence-electron chi connectivity index (χ1n) is 5.40. The summed E-state index contributed by atoms with van der Waals surface area (Å²) in [7, 11) is -0.934. The molecule has 1 aromatic carbocycles. The van der Waals surface area contributed by atoms with Crippen LogP contribution in [0.15, 0.2) is 12.1 Å². The van der Waals surface area contributed by atoms with Gasteiger partial charge in [0.2, 0.25) is 0 Å². The fourth-order valence-electron chi connectivity index (χ4n) is 2.14. The molecule has 0 bridgehead atoms. The van der Waals surface area contributed by atoms with Crippen molar-refractivity contribution in [1.82, 2.24) is 4.84 Å². The molecule has 0 aliphatic carbocycles. The van der Waals surface area contributed by atoms with Crippen molar-refractivity contribution < 1.29 is 19.2 Å². The zero-order chi connectivity index (χ0) is 11.8. The molecule has 0 amide bonds. The maximum absolute atomic E-state index is 9.79. The van der Waals surface area contributed by atoms with Crippen LogP contribution in [-0.2, 0) is 4.65 Å². The maximum atomic E-state index is 9.79. The van der Waals surface area contributed by atoms with Crippen LogP contribution in [0, 0.1) is 0 Å². The summed E-state index contributed by atoms with van der Waals surface area (Å²) in [6.45, 7) is 1.48. The van der Waals surface area contributed by atoms with E-state index in [1.807, 2.05) is 6.07 Å². The van der Waals surface area contributed by atoms with Gasteiger partial charge in [0.25, 0.3) is 0 Å². The summed E-state index contributed by atoms with van der Waals surface area (Å²) >= 11 is 5.47. The van der Waals surface area contributed by atoms with Gasteiger partial charge >= 0.3 is 7.12 Å². The van der Waals surface area contributed by atoms with Gasteiger partial charge in [0.05, 0.1) is 6.10 Å². The monoisotopic (exact) mass is 255 g/mol. The number of hydrogen-bond donors (Lipinski definition) is 2. The van der Waals surface area contributed by atoms with Crippen molar-refractivity contribution in [2.24, 2.45) is 0 Å². The molecule has 2 N–H and O–H groups in total. The highest BCUT2D eigenvalue weighted by Gasteiger charge is 2.36. The van der Waals surface area contributed by atoms with E-state index in [0.29, 0.717) is 36.7 Å². The Hall–Kier alpha value is -0.945. The molecule has 90 valence electrons. The van der Waals surface area contributed by atoms with Gasteiger partial charge in [0, 0.05) is 6.54 Å². The van der Waals surface area contributed by atoms with E-state index >= 15 is 0 Å². The van der Waals surface area contributed by atoms with Gasteiger partial charge in [-0.3, -0.25) is 0 Å². The number of ether oxygens (including phenoxy) is 2. The Balaban J connectivity index is 2.01. The molecule has 1 unspecified atom stereocenters. The second-order valence-electron chi connectivity index (χ2n) is 3.94. The highest BCUT2D eigenvalue weighted by Crippen LogP contribution is 2.35. The van der Waals surface area contributed by atoms with Crippen LogP contribution in [-0.4, -0.2) is 31.9 Å². The molecule has 0 spiro atoms. The largest absolute Gasteiger partial charge is 0.492 e. The van der Waals surface area contributed by atoms with Crippen LogP contribution in [0.5, 0.6) is 11.5 Å². The van der Waals surface area contributed by atoms with Crippen molar-refractivity contribution in [3.63, 3.8) is 0 Å². The molecule has 2 aliphatic heterocycles. The van der Waals surface area contributed by atoms with E-state index in [1.165, 1.54) is 0 Å². The quantitative estimate of drug-likeness (QED) is 0.574. The molecule has 0 fully saturated rings. The molecular weight excluding hydrogens is 244 g/mol. The Morgan fingerprint density at radius 3 is 2.76 bits per heavy atom. The maximum Gasteiger partial charge on any atom is 0.492 e. The molecule has 3 rings (SSSR count). The van der Waals surface area contributed by atoms with E-state index in [2.05, 4.69) is 4.84 Å². The van der Waals surface area contributed by atoms with Gasteiger partial charge in [0.1, 0.15) is 13.2 Å². The van der Waals surface area contributed by atoms with Gasteiger partial charge in [-0.25, -0.2) is 4.84 Å². The van der Waals surface area contributed by atoms with E-state index in [9.17, 15) is 5.02 Å². The first-order chi connectivity index (χ1) is 8.29. The van der Waals surface area contributed by atoms with E-state index in [1.54, 1.807) is 6.07 Å². The van der Waals surface area contributed by atoms with Crippen molar-refractivity contribution in [3.05, 3.63) is 17.7 Å². The molecule has 2 heterocycles. The van der Waals surface area contributed by atoms with Crippen molar-refractivity contribution in [1.29, 1.82) is 0 Å². The van der Waals surface area contributed by atoms with Gasteiger partial charge in [0.15, 0.2) is 11.5 Å². The third-order valence-corrected chi connectivity index (χ3v) is 3.07. The lowest BCUT2D eigenvalue weighted by Crippen LogP contribution is -2.29. The third-order valence-electron chi connectivity index (χ3n) is 2.92. The van der Waals surface area contributed by atoms with Crippen LogP contribution in [0.3, 0.4) is 0 Å². The number of rotatable bonds is 2. The molecule has 1 atom stereocenters. The second-order valence-corrected chi connectivity index (χ2v) is 4.21. The average Bonchev–Trinajstić information content (AvgIpc) is 2.64. The van der Waals surface area contributed by atoms with E-state index in [0.717, 1.165) is 5.56 Å². The van der Waals surface area contributed by atoms with Crippen molar-refractivity contribution >= 4 is 24.4 Å². The van der Waals surface area contributed by atoms with Crippen molar-refractivity contribution in [3.8, 4) is 11.5 Å². The standard InChI is InChI=1S/C10H11BClNO4/c12-13-5-10-6-3-8-9(16-2-1-15-8)4-7(6)11(14)17-10/h3-4,10,13-14H,1-2,5H2. The average molecular weight is 255 g/mol. The molecule has 7 heteroatoms. The molecule has 17 heavy (non-hydrogen) atoms. The lowest BCUT2D eigenvalue weighted by Gasteiger charge is -2.20. The zero-order valence-corrected chi connectivity index (χ0v) is 9.74. The SMILES string of the molecule is OB1OC(CNCl)c2cc3c(cc21)OCCO3. The minimum atomic E-state index is -0.934. The van der Waals surface area contributed by atoms with Gasteiger partial charge < -0.3 is 19.2 Å². The fraction of sp³-hybridized carbons (Fsp3) is 0.400. The molecule has 2 aliphatic rings. The predicted octanol–water partition coefficient (Wildman–Crippen LogP) is -0.0400. The second kappa shape index (κ2) is 4.38. The summed E-state index contributed by atoms with van der Waals surface area (Å²) in [5.74, 6) is 1.34. The Labute approximate surface area is 104 Å². The normalized spacial score (nSPS) is 21.5. The Bertz CT molecular complexity index is 445. The summed E-state index contributed by atoms with van der Waals surface area (Å²) in [6.07, 6.45) is -0.270. The minimum absolute atomic E-state index is 0.270. The van der Waals surface area contributed by atoms with Crippen LogP contribution in [0.1, 0.15) is 11.7 Å². The van der Waals surface area contributed by atoms with Gasteiger partial charge in [-0.2, -0.15) is 0 Å². The fourth-order valence-corrected chi connectivity index (χ4v) is 2.28. The summed E-state index contributed by atoms with van der Waals surface area (Å²) < 4.78 is 16.3. The predicted molar refractivity (Wildman–Crippen MR) is 62.7 cm³/mol. The summed E-state index contributed by atoms with van der Waals surface area (Å²) in [6, 6.07) is 3.61. The van der Waals surface area contributed by atoms with Crippen molar-refractivity contribution in [2.75, 3.05) is 19.8 Å². The van der Waals surface area contributed by atoms with Crippen LogP contribution < -0.4 is 19.8 Å². The van der Waals surface area contributed by atoms with Crippen LogP contribution in [0.2, 0.25) is 0 Å². The number of fused-ring (bicyclic) bond motifs is 2. The van der Waals surface area contributed by atoms with Gasteiger partial charge in [-0.05, 0) is 34.9 Å². The van der Waals surface area contributed by atoms with Crippen molar-refractivity contribution in [2.45, 2.75) is 6.10 Å². The Morgan fingerprint density at radius 2 is 2.06 bits per heavy atom. The van der Waals surface area contributed by atoms with Gasteiger partial charge in [-0.1, -0.05) is 0 Å². The molecular formula is C10H11BClNO4. The molecule has 1 aromatic rings. The number of nitrogens with one attached hydrogen (secondary N) is 1. The van der Waals surface area contributed by atoms with Gasteiger partial charge in [-0.15, -0.1) is 0 Å². The van der Waals surface area contributed by atoms with Crippen LogP contribution in [0.4, 0.5) is 0 Å². The van der Waals surface area contributed by atoms with E-state index in [-0.39, 0.29) is 6.10 Å². The summed E-state index contributed by atoms with van der Waals surface area (Å²) in [4.78, 5) is 2.52. The van der Waals surface area contributed by atoms with Crippen LogP contribution >= 0.6 is 11.8 Å². The first-order valence-corrected chi connectivity index (χ1v) is 5.78. The molecule has 5 nitrogen and oxygen atoms in total. The number of hydrogen-bond acceptors (Lipinski definition) is 5. The molecule has 0 saturated carbocycles. The summed E-state index contributed by atoms with van der Waals surface area (Å²) in [5, 5.41) is 9.79. The Kier molecular flexibility index (Phi) is 2.88. The zero-order valence-electron chi connectivity index (χ0n) is 8.98. The summed E-state index contributed by atoms with van der Waals surface area (Å²) in [5.41, 5.74) is 1.60. The van der Waals surface area contributed by atoms with E-state index in [4.69, 9.17) is 25.9 Å². The topological polar surface area (TPSA) is 60.0 Å². The highest BCUT2D eigenvalue weighted by molar-refractivity contribution is 6.61.